The lowest BCUT2D eigenvalue weighted by atomic mass is 9.44. The minimum absolute atomic E-state index is 0.114. The molecular weight excluding hydrogens is 632 g/mol. The highest BCUT2D eigenvalue weighted by Gasteiger charge is 2.75. The molecule has 1 aromatic carbocycles. The van der Waals surface area contributed by atoms with Gasteiger partial charge in [0.05, 0.1) is 6.10 Å². The summed E-state index contributed by atoms with van der Waals surface area (Å²) in [7, 11) is 0. The molecule has 252 valence electrons. The van der Waals surface area contributed by atoms with Crippen LogP contribution in [0.5, 0.6) is 0 Å². The number of benzene rings is 1. The maximum Gasteiger partial charge on any atom is 0.306 e. The number of esters is 1. The maximum atomic E-state index is 17.4. The number of hydrogen-bond donors (Lipinski definition) is 2. The number of Topliss-reactive ketones (excluding diaryl/α,β-unsaturated/α-hetero) is 1. The van der Waals surface area contributed by atoms with Gasteiger partial charge in [0, 0.05) is 53.7 Å². The molecule has 0 heterocycles. The average molecular weight is 679 g/mol. The normalized spacial score (nSPS) is 36.3. The van der Waals surface area contributed by atoms with Gasteiger partial charge in [-0.15, -0.1) is 23.2 Å². The van der Waals surface area contributed by atoms with E-state index in [4.69, 9.17) is 27.9 Å². The number of ketones is 2. The summed E-state index contributed by atoms with van der Waals surface area (Å²) in [5, 5.41) is 23.6. The Labute approximate surface area is 281 Å². The van der Waals surface area contributed by atoms with Crippen molar-refractivity contribution < 1.29 is 33.7 Å². The molecule has 46 heavy (non-hydrogen) atoms. The molecular formula is C36H46Cl2FNO6. The molecule has 7 nitrogen and oxygen atoms in total. The zero-order valence-electron chi connectivity index (χ0n) is 26.9. The monoisotopic (exact) mass is 677 g/mol. The largest absolute Gasteiger partial charge is 0.458 e. The van der Waals surface area contributed by atoms with Crippen LogP contribution < -0.4 is 4.90 Å². The van der Waals surface area contributed by atoms with E-state index in [0.717, 1.165) is 11.3 Å². The lowest BCUT2D eigenvalue weighted by Gasteiger charge is -2.62. The fourth-order valence-electron chi connectivity index (χ4n) is 9.35. The number of nitrogens with zero attached hydrogens (tertiary/aromatic N) is 1. The number of aliphatic hydroxyl groups excluding tert-OH is 1. The van der Waals surface area contributed by atoms with Crippen LogP contribution in [0.25, 0.3) is 0 Å². The van der Waals surface area contributed by atoms with Gasteiger partial charge >= 0.3 is 5.97 Å². The Kier molecular flexibility index (Phi) is 10.2. The number of hydrogen-bond acceptors (Lipinski definition) is 7. The Hall–Kier alpha value is -2.26. The van der Waals surface area contributed by atoms with E-state index in [0.29, 0.717) is 62.5 Å². The number of carbonyl (C=O) groups excluding carboxylic acids is 3. The van der Waals surface area contributed by atoms with Crippen molar-refractivity contribution in [2.24, 2.45) is 28.6 Å². The molecule has 0 radical (unpaired) electrons. The van der Waals surface area contributed by atoms with Crippen LogP contribution in [-0.2, 0) is 25.5 Å². The van der Waals surface area contributed by atoms with Gasteiger partial charge in [0.2, 0.25) is 5.78 Å². The third-order valence-electron chi connectivity index (χ3n) is 11.9. The Morgan fingerprint density at radius 2 is 1.78 bits per heavy atom. The van der Waals surface area contributed by atoms with Gasteiger partial charge in [0.15, 0.2) is 18.1 Å². The van der Waals surface area contributed by atoms with Gasteiger partial charge < -0.3 is 19.8 Å². The van der Waals surface area contributed by atoms with Crippen molar-refractivity contribution in [2.75, 3.05) is 36.4 Å². The molecule has 5 rings (SSSR count). The summed E-state index contributed by atoms with van der Waals surface area (Å²) >= 11 is 11.8. The zero-order chi connectivity index (χ0) is 33.5. The number of ether oxygens (including phenoxy) is 1. The van der Waals surface area contributed by atoms with Crippen molar-refractivity contribution >= 4 is 46.4 Å². The summed E-state index contributed by atoms with van der Waals surface area (Å²) in [6.45, 7) is 6.10. The molecule has 0 saturated heterocycles. The van der Waals surface area contributed by atoms with E-state index < -0.39 is 58.4 Å². The van der Waals surface area contributed by atoms with Crippen molar-refractivity contribution in [2.45, 2.75) is 83.1 Å². The summed E-state index contributed by atoms with van der Waals surface area (Å²) in [6, 6.07) is 8.03. The molecule has 10 heteroatoms. The molecule has 3 saturated carbocycles. The van der Waals surface area contributed by atoms with Gasteiger partial charge in [-0.1, -0.05) is 37.6 Å². The predicted molar refractivity (Wildman–Crippen MR) is 177 cm³/mol. The summed E-state index contributed by atoms with van der Waals surface area (Å²) < 4.78 is 22.7. The van der Waals surface area contributed by atoms with Gasteiger partial charge in [0.1, 0.15) is 5.60 Å². The Balaban J connectivity index is 1.20. The zero-order valence-corrected chi connectivity index (χ0v) is 28.5. The van der Waals surface area contributed by atoms with Crippen molar-refractivity contribution in [3.63, 3.8) is 0 Å². The van der Waals surface area contributed by atoms with Crippen molar-refractivity contribution in [3.8, 4) is 0 Å². The molecule has 8 atom stereocenters. The first kappa shape index (κ1) is 35.1. The van der Waals surface area contributed by atoms with Gasteiger partial charge in [-0.3, -0.25) is 14.4 Å². The maximum absolute atomic E-state index is 17.4. The van der Waals surface area contributed by atoms with E-state index in [-0.39, 0.29) is 24.5 Å². The van der Waals surface area contributed by atoms with Crippen LogP contribution in [0.3, 0.4) is 0 Å². The minimum atomic E-state index is -2.05. The second kappa shape index (κ2) is 13.3. The number of halogens is 3. The highest BCUT2D eigenvalue weighted by atomic mass is 35.5. The summed E-state index contributed by atoms with van der Waals surface area (Å²) in [6.07, 6.45) is 5.48. The van der Waals surface area contributed by atoms with Crippen molar-refractivity contribution in [3.05, 3.63) is 53.6 Å². The molecule has 0 spiro atoms. The van der Waals surface area contributed by atoms with Crippen LogP contribution in [0.2, 0.25) is 0 Å². The highest BCUT2D eigenvalue weighted by Crippen LogP contribution is 2.70. The van der Waals surface area contributed by atoms with Gasteiger partial charge in [0.25, 0.3) is 0 Å². The van der Waals surface area contributed by atoms with Crippen molar-refractivity contribution in [1.82, 2.24) is 0 Å². The summed E-state index contributed by atoms with van der Waals surface area (Å²) in [5.41, 5.74) is -3.43. The third-order valence-corrected chi connectivity index (χ3v) is 12.2. The number of carbonyl (C=O) groups is 3. The van der Waals surface area contributed by atoms with Crippen LogP contribution >= 0.6 is 23.2 Å². The van der Waals surface area contributed by atoms with E-state index in [2.05, 4.69) is 4.90 Å². The molecule has 0 aromatic heterocycles. The molecule has 4 aliphatic carbocycles. The average Bonchev–Trinajstić information content (AvgIpc) is 3.22. The first-order chi connectivity index (χ1) is 21.8. The lowest BCUT2D eigenvalue weighted by molar-refractivity contribution is -0.220. The lowest BCUT2D eigenvalue weighted by Crippen LogP contribution is -2.69. The smallest absolute Gasteiger partial charge is 0.306 e. The molecule has 0 aliphatic heterocycles. The first-order valence-electron chi connectivity index (χ1n) is 16.4. The number of fused-ring (bicyclic) bond motifs is 5. The quantitative estimate of drug-likeness (QED) is 0.214. The number of allylic oxidation sites excluding steroid dienone is 4. The Morgan fingerprint density at radius 1 is 1.11 bits per heavy atom. The molecule has 0 bridgehead atoms. The number of aryl methyl sites for hydroxylation is 1. The SMILES string of the molecule is C[C@@H]1C[C@H]2[C@@H]3CCC4=CC(=O)C=C[C@]4(C)[C@@]3(F)[C@@H](O)C[C@]2(C)[C@@]1(O)C(=O)COC(=O)CCCc1ccc(N(CCCl)CCCl)cc1. The van der Waals surface area contributed by atoms with E-state index in [1.54, 1.807) is 26.8 Å². The number of anilines is 1. The molecule has 0 amide bonds. The second-order valence-corrected chi connectivity index (χ2v) is 14.9. The predicted octanol–water partition coefficient (Wildman–Crippen LogP) is 5.75. The molecule has 0 unspecified atom stereocenters. The second-order valence-electron chi connectivity index (χ2n) is 14.1. The third kappa shape index (κ3) is 5.65. The van der Waals surface area contributed by atoms with E-state index >= 15 is 4.39 Å². The van der Waals surface area contributed by atoms with Crippen LogP contribution in [0.4, 0.5) is 10.1 Å². The van der Waals surface area contributed by atoms with E-state index in [9.17, 15) is 24.6 Å². The van der Waals surface area contributed by atoms with E-state index in [1.807, 2.05) is 24.3 Å². The van der Waals surface area contributed by atoms with Gasteiger partial charge in [-0.05, 0) is 87.1 Å². The topological polar surface area (TPSA) is 104 Å². The summed E-state index contributed by atoms with van der Waals surface area (Å²) in [5.74, 6) is -1.85. The Bertz CT molecular complexity index is 1400. The molecule has 4 aliphatic rings. The number of rotatable bonds is 12. The molecule has 3 fully saturated rings. The highest BCUT2D eigenvalue weighted by molar-refractivity contribution is 6.18. The summed E-state index contributed by atoms with van der Waals surface area (Å²) in [4.78, 5) is 40.6. The van der Waals surface area contributed by atoms with Crippen LogP contribution in [0.15, 0.2) is 48.1 Å². The Morgan fingerprint density at radius 3 is 2.43 bits per heavy atom. The standard InChI is InChI=1S/C36H46Cl2FNO6/c1-23-19-29-28-12-9-25-20-27(41)13-14-33(25,2)35(28,39)30(42)21-34(29,3)36(23,45)31(43)22-46-32(44)6-4-5-24-7-10-26(11-8-24)40(17-15-37)18-16-38/h7-8,10-11,13-14,20,23,28-30,42,45H,4-6,9,12,15-19,21-22H2,1-3H3/t23-,28+,29+,30+,33+,34+,35+,36+/m1/s1. The van der Waals surface area contributed by atoms with Crippen molar-refractivity contribution in [1.29, 1.82) is 0 Å². The molecule has 2 N–H and O–H groups in total. The van der Waals surface area contributed by atoms with Crippen LogP contribution in [-0.4, -0.2) is 76.6 Å². The fraction of sp³-hybridized carbons (Fsp3) is 0.639. The number of alkyl halides is 3. The fourth-order valence-corrected chi connectivity index (χ4v) is 9.76. The van der Waals surface area contributed by atoms with E-state index in [1.165, 1.54) is 12.2 Å². The van der Waals surface area contributed by atoms with Gasteiger partial charge in [-0.25, -0.2) is 4.39 Å². The van der Waals surface area contributed by atoms with Crippen LogP contribution in [0.1, 0.15) is 64.9 Å². The minimum Gasteiger partial charge on any atom is -0.458 e. The first-order valence-corrected chi connectivity index (χ1v) is 17.5. The van der Waals surface area contributed by atoms with Gasteiger partial charge in [-0.2, -0.15) is 0 Å². The number of aliphatic hydroxyl groups is 2. The van der Waals surface area contributed by atoms with Crippen LogP contribution in [0, 0.1) is 28.6 Å². The molecule has 1 aromatic rings.